The first kappa shape index (κ1) is 27.7. The third kappa shape index (κ3) is 5.97. The third-order valence-corrected chi connectivity index (χ3v) is 8.10. The summed E-state index contributed by atoms with van der Waals surface area (Å²) in [5.41, 5.74) is 0.973. The fourth-order valence-electron chi connectivity index (χ4n) is 5.91. The minimum atomic E-state index is -2.80. The van der Waals surface area contributed by atoms with Gasteiger partial charge in [-0.3, -0.25) is 14.3 Å². The van der Waals surface area contributed by atoms with Gasteiger partial charge < -0.3 is 24.6 Å². The Morgan fingerprint density at radius 2 is 1.59 bits per heavy atom. The molecule has 5 heterocycles. The smallest absolute Gasteiger partial charge is 0.296 e. The van der Waals surface area contributed by atoms with Crippen molar-refractivity contribution in [1.29, 1.82) is 0 Å². The number of nitrogens with zero attached hydrogens (tertiary/aromatic N) is 7. The molecule has 6 rings (SSSR count). The number of halogens is 2. The van der Waals surface area contributed by atoms with Gasteiger partial charge in [-0.25, -0.2) is 13.8 Å². The van der Waals surface area contributed by atoms with Crippen LogP contribution in [0.25, 0.3) is 16.9 Å². The van der Waals surface area contributed by atoms with Gasteiger partial charge >= 0.3 is 0 Å². The van der Waals surface area contributed by atoms with E-state index < -0.39 is 18.3 Å². The lowest BCUT2D eigenvalue weighted by molar-refractivity contribution is -0.133. The van der Waals surface area contributed by atoms with E-state index in [2.05, 4.69) is 20.2 Å². The highest BCUT2D eigenvalue weighted by Crippen LogP contribution is 2.29. The number of carbonyl (C=O) groups excluding carboxylic acids is 1. The Morgan fingerprint density at radius 3 is 2.29 bits per heavy atom. The van der Waals surface area contributed by atoms with Gasteiger partial charge in [0, 0.05) is 51.4 Å². The number of carbonyl (C=O) groups is 1. The minimum Gasteiger partial charge on any atom is -0.379 e. The number of rotatable bonds is 7. The van der Waals surface area contributed by atoms with Crippen LogP contribution in [0.4, 0.5) is 20.5 Å². The molecule has 13 heteroatoms. The molecule has 0 aliphatic carbocycles. The number of aromatic nitrogens is 4. The van der Waals surface area contributed by atoms with Crippen LogP contribution in [0.15, 0.2) is 30.3 Å². The summed E-state index contributed by atoms with van der Waals surface area (Å²) >= 11 is 0. The number of likely N-dealkylation sites (tertiary alicyclic amines) is 1. The lowest BCUT2D eigenvalue weighted by atomic mass is 10.0. The predicted molar refractivity (Wildman–Crippen MR) is 150 cm³/mol. The molecule has 0 radical (unpaired) electrons. The van der Waals surface area contributed by atoms with Crippen LogP contribution in [0, 0.1) is 0 Å². The average molecular weight is 571 g/mol. The summed E-state index contributed by atoms with van der Waals surface area (Å²) < 4.78 is 40.6. The standard InChI is InChI=1S/C28H36F2N8O3/c1-19(27(39)37-8-6-20(7-9-37)35-10-14-40-15-11-35)31-28-33-23(36-12-16-41-17-13-36)18-24(34-28)38-22-5-3-2-4-21(22)32-26(38)25(29)30/h2-5,18-20,25H,6-17H2,1H3,(H,31,33,34)/t19-/m0/s1. The molecule has 1 amide bonds. The van der Waals surface area contributed by atoms with E-state index in [0.29, 0.717) is 62.3 Å². The number of amides is 1. The molecule has 3 fully saturated rings. The lowest BCUT2D eigenvalue weighted by Crippen LogP contribution is -2.52. The molecule has 3 aromatic rings. The van der Waals surface area contributed by atoms with Crippen molar-refractivity contribution in [2.45, 2.75) is 38.3 Å². The van der Waals surface area contributed by atoms with Gasteiger partial charge in [0.2, 0.25) is 11.9 Å². The Morgan fingerprint density at radius 1 is 0.927 bits per heavy atom. The highest BCUT2D eigenvalue weighted by molar-refractivity contribution is 5.84. The van der Waals surface area contributed by atoms with E-state index in [9.17, 15) is 13.6 Å². The van der Waals surface area contributed by atoms with Gasteiger partial charge in [-0.15, -0.1) is 0 Å². The summed E-state index contributed by atoms with van der Waals surface area (Å²) in [7, 11) is 0. The van der Waals surface area contributed by atoms with Crippen molar-refractivity contribution in [1.82, 2.24) is 29.3 Å². The number of para-hydroxylation sites is 2. The number of morpholine rings is 2. The Bertz CT molecular complexity index is 1350. The Balaban J connectivity index is 1.24. The molecule has 3 aliphatic heterocycles. The number of hydrogen-bond donors (Lipinski definition) is 1. The lowest BCUT2D eigenvalue weighted by Gasteiger charge is -2.40. The molecule has 0 bridgehead atoms. The molecule has 3 saturated heterocycles. The molecular formula is C28H36F2N8O3. The number of imidazole rings is 1. The highest BCUT2D eigenvalue weighted by atomic mass is 19.3. The number of fused-ring (bicyclic) bond motifs is 1. The normalized spacial score (nSPS) is 20.1. The SMILES string of the molecule is C[C@H](Nc1nc(N2CCOCC2)cc(-n2c(C(F)F)nc3ccccc32)n1)C(=O)N1CCC(N2CCOCC2)CC1. The molecule has 11 nitrogen and oxygen atoms in total. The Labute approximate surface area is 237 Å². The monoisotopic (exact) mass is 570 g/mol. The van der Waals surface area contributed by atoms with Crippen molar-refractivity contribution in [3.63, 3.8) is 0 Å². The number of benzene rings is 1. The number of hydrogen-bond acceptors (Lipinski definition) is 9. The molecule has 0 spiro atoms. The number of anilines is 2. The van der Waals surface area contributed by atoms with E-state index in [1.165, 1.54) is 4.57 Å². The van der Waals surface area contributed by atoms with Crippen LogP contribution in [0.3, 0.4) is 0 Å². The van der Waals surface area contributed by atoms with E-state index in [-0.39, 0.29) is 17.7 Å². The van der Waals surface area contributed by atoms with Crippen LogP contribution >= 0.6 is 0 Å². The minimum absolute atomic E-state index is 0.0336. The first-order valence-corrected chi connectivity index (χ1v) is 14.3. The van der Waals surface area contributed by atoms with Crippen LogP contribution in [0.5, 0.6) is 0 Å². The zero-order valence-corrected chi connectivity index (χ0v) is 23.2. The zero-order valence-electron chi connectivity index (χ0n) is 23.2. The second-order valence-corrected chi connectivity index (χ2v) is 10.7. The second kappa shape index (κ2) is 12.2. The number of nitrogens with one attached hydrogen (secondary N) is 1. The van der Waals surface area contributed by atoms with Crippen LogP contribution in [0.2, 0.25) is 0 Å². The number of alkyl halides is 2. The van der Waals surface area contributed by atoms with Crippen molar-refractivity contribution in [2.24, 2.45) is 0 Å². The van der Waals surface area contributed by atoms with E-state index in [1.54, 1.807) is 37.3 Å². The van der Waals surface area contributed by atoms with Crippen molar-refractivity contribution >= 4 is 28.7 Å². The molecule has 41 heavy (non-hydrogen) atoms. The maximum absolute atomic E-state index is 14.1. The molecule has 0 unspecified atom stereocenters. The Hall–Kier alpha value is -3.42. The maximum Gasteiger partial charge on any atom is 0.296 e. The van der Waals surface area contributed by atoms with Gasteiger partial charge in [-0.1, -0.05) is 12.1 Å². The van der Waals surface area contributed by atoms with E-state index in [0.717, 1.165) is 39.1 Å². The summed E-state index contributed by atoms with van der Waals surface area (Å²) in [5, 5.41) is 3.17. The van der Waals surface area contributed by atoms with Crippen LogP contribution in [-0.4, -0.2) is 113 Å². The van der Waals surface area contributed by atoms with E-state index >= 15 is 0 Å². The summed E-state index contributed by atoms with van der Waals surface area (Å²) in [5.74, 6) is 0.611. The fourth-order valence-corrected chi connectivity index (χ4v) is 5.91. The van der Waals surface area contributed by atoms with Crippen molar-refractivity contribution in [3.8, 4) is 5.82 Å². The van der Waals surface area contributed by atoms with Gasteiger partial charge in [-0.2, -0.15) is 9.97 Å². The topological polar surface area (TPSA) is 101 Å². The van der Waals surface area contributed by atoms with E-state index in [4.69, 9.17) is 14.5 Å². The highest BCUT2D eigenvalue weighted by Gasteiger charge is 2.30. The molecule has 3 aliphatic rings. The molecule has 2 aromatic heterocycles. The van der Waals surface area contributed by atoms with Crippen LogP contribution in [-0.2, 0) is 14.3 Å². The van der Waals surface area contributed by atoms with Gasteiger partial charge in [0.25, 0.3) is 6.43 Å². The second-order valence-electron chi connectivity index (χ2n) is 10.7. The third-order valence-electron chi connectivity index (χ3n) is 8.10. The first-order chi connectivity index (χ1) is 20.0. The maximum atomic E-state index is 14.1. The van der Waals surface area contributed by atoms with Gasteiger partial charge in [0.1, 0.15) is 17.7 Å². The summed E-state index contributed by atoms with van der Waals surface area (Å²) in [6.45, 7) is 8.85. The average Bonchev–Trinajstić information content (AvgIpc) is 3.42. The van der Waals surface area contributed by atoms with Crippen molar-refractivity contribution in [2.75, 3.05) is 75.9 Å². The van der Waals surface area contributed by atoms with Crippen molar-refractivity contribution in [3.05, 3.63) is 36.2 Å². The fraction of sp³-hybridized carbons (Fsp3) is 0.571. The molecule has 220 valence electrons. The van der Waals surface area contributed by atoms with Gasteiger partial charge in [0.15, 0.2) is 5.82 Å². The quantitative estimate of drug-likeness (QED) is 0.460. The molecule has 1 atom stereocenters. The van der Waals surface area contributed by atoms with Crippen molar-refractivity contribution < 1.29 is 23.0 Å². The summed E-state index contributed by atoms with van der Waals surface area (Å²) in [6.07, 6.45) is -0.952. The molecule has 0 saturated carbocycles. The molecule has 1 N–H and O–H groups in total. The largest absolute Gasteiger partial charge is 0.379 e. The zero-order chi connectivity index (χ0) is 28.3. The molecule has 1 aromatic carbocycles. The number of piperidine rings is 1. The van der Waals surface area contributed by atoms with Gasteiger partial charge in [-0.05, 0) is 31.9 Å². The van der Waals surface area contributed by atoms with E-state index in [1.807, 2.05) is 9.80 Å². The number of ether oxygens (including phenoxy) is 2. The Kier molecular flexibility index (Phi) is 8.26. The predicted octanol–water partition coefficient (Wildman–Crippen LogP) is 2.71. The summed E-state index contributed by atoms with van der Waals surface area (Å²) in [4.78, 5) is 33.3. The first-order valence-electron chi connectivity index (χ1n) is 14.3. The molecular weight excluding hydrogens is 534 g/mol. The summed E-state index contributed by atoms with van der Waals surface area (Å²) in [6, 6.07) is 8.54. The van der Waals surface area contributed by atoms with Gasteiger partial charge in [0.05, 0.1) is 37.5 Å². The van der Waals surface area contributed by atoms with Crippen LogP contribution < -0.4 is 10.2 Å². The van der Waals surface area contributed by atoms with Crippen LogP contribution in [0.1, 0.15) is 32.0 Å².